The number of aliphatic hydroxyl groups excluding tert-OH is 4. The predicted molar refractivity (Wildman–Crippen MR) is 106 cm³/mol. The first-order valence-electron chi connectivity index (χ1n) is 10.2. The molecule has 178 valence electrons. The molecule has 32 heavy (non-hydrogen) atoms. The third kappa shape index (κ3) is 6.47. The molecule has 11 nitrogen and oxygen atoms in total. The Bertz CT molecular complexity index is 882. The lowest BCUT2D eigenvalue weighted by Crippen LogP contribution is -2.36. The number of hydrogen-bond acceptors (Lipinski definition) is 10. The molecule has 0 spiro atoms. The van der Waals surface area contributed by atoms with Crippen molar-refractivity contribution < 1.29 is 52.5 Å². The minimum Gasteiger partial charge on any atom is -0.459 e. The number of hydrogen-bond donors (Lipinski definition) is 5. The maximum absolute atomic E-state index is 12.6. The fourth-order valence-electron chi connectivity index (χ4n) is 4.03. The molecule has 5 N–H and O–H groups in total. The van der Waals surface area contributed by atoms with Crippen molar-refractivity contribution in [1.82, 2.24) is 0 Å². The van der Waals surface area contributed by atoms with Gasteiger partial charge in [0, 0.05) is 25.7 Å². The van der Waals surface area contributed by atoms with Crippen molar-refractivity contribution in [2.24, 2.45) is 0 Å². The normalized spacial score (nSPS) is 31.0. The Morgan fingerprint density at radius 1 is 0.688 bits per heavy atom. The van der Waals surface area contributed by atoms with Gasteiger partial charge in [0.2, 0.25) is 0 Å². The number of carbonyl (C=O) groups excluding carboxylic acids is 2. The number of esters is 2. The van der Waals surface area contributed by atoms with Crippen LogP contribution in [0.4, 0.5) is 0 Å². The van der Waals surface area contributed by atoms with E-state index < -0.39 is 63.6 Å². The van der Waals surface area contributed by atoms with Crippen molar-refractivity contribution in [2.75, 3.05) is 0 Å². The summed E-state index contributed by atoms with van der Waals surface area (Å²) in [7, 11) is -4.79. The molecule has 0 aromatic heterocycles. The molecule has 12 heteroatoms. The first kappa shape index (κ1) is 24.6. The molecule has 0 heterocycles. The maximum Gasteiger partial charge on any atom is 0.338 e. The maximum atomic E-state index is 12.6. The minimum absolute atomic E-state index is 0.0853. The topological polar surface area (TPSA) is 188 Å². The van der Waals surface area contributed by atoms with Crippen molar-refractivity contribution >= 4 is 22.1 Å². The summed E-state index contributed by atoms with van der Waals surface area (Å²) in [5.74, 6) is -2.03. The number of carbonyl (C=O) groups is 2. The van der Waals surface area contributed by atoms with Crippen molar-refractivity contribution in [3.05, 3.63) is 29.3 Å². The fraction of sp³-hybridized carbons (Fsp3) is 0.600. The standard InChI is InChI=1S/C20H26O11S/c21-12-4-13(22)7-16(6-12)30-19(25)10-1-11(3-18(2-10)32(27,28)29)20(26)31-17-8-14(23)5-15(24)9-17/h1-3,12-17,21-24H,4-9H2,(H,27,28,29). The van der Waals surface area contributed by atoms with Crippen LogP contribution < -0.4 is 0 Å². The van der Waals surface area contributed by atoms with Crippen LogP contribution in [0, 0.1) is 0 Å². The van der Waals surface area contributed by atoms with E-state index in [0.29, 0.717) is 0 Å². The van der Waals surface area contributed by atoms with E-state index >= 15 is 0 Å². The van der Waals surface area contributed by atoms with Crippen LogP contribution in [-0.4, -0.2) is 82.0 Å². The average molecular weight is 474 g/mol. The van der Waals surface area contributed by atoms with Crippen molar-refractivity contribution in [1.29, 1.82) is 0 Å². The Morgan fingerprint density at radius 2 is 1.03 bits per heavy atom. The zero-order valence-corrected chi connectivity index (χ0v) is 17.8. The Kier molecular flexibility index (Phi) is 7.53. The van der Waals surface area contributed by atoms with Crippen LogP contribution in [-0.2, 0) is 19.6 Å². The second-order valence-corrected chi connectivity index (χ2v) is 9.73. The number of benzene rings is 1. The Labute approximate surface area is 184 Å². The van der Waals surface area contributed by atoms with E-state index in [-0.39, 0.29) is 49.7 Å². The molecule has 2 aliphatic rings. The molecule has 2 fully saturated rings. The molecule has 3 rings (SSSR count). The fourth-order valence-corrected chi connectivity index (χ4v) is 4.59. The van der Waals surface area contributed by atoms with Gasteiger partial charge in [-0.2, -0.15) is 8.42 Å². The molecular weight excluding hydrogens is 448 g/mol. The van der Waals surface area contributed by atoms with Gasteiger partial charge in [-0.1, -0.05) is 0 Å². The summed E-state index contributed by atoms with van der Waals surface area (Å²) in [5, 5.41) is 38.9. The summed E-state index contributed by atoms with van der Waals surface area (Å²) in [4.78, 5) is 24.4. The second-order valence-electron chi connectivity index (χ2n) is 8.31. The molecule has 1 aromatic carbocycles. The van der Waals surface area contributed by atoms with E-state index in [9.17, 15) is 43.0 Å². The second kappa shape index (κ2) is 9.81. The van der Waals surface area contributed by atoms with Gasteiger partial charge in [-0.05, 0) is 31.0 Å². The van der Waals surface area contributed by atoms with E-state index in [4.69, 9.17) is 9.47 Å². The summed E-state index contributed by atoms with van der Waals surface area (Å²) in [6, 6.07) is 2.70. The van der Waals surface area contributed by atoms with Gasteiger partial charge < -0.3 is 29.9 Å². The minimum atomic E-state index is -4.79. The van der Waals surface area contributed by atoms with E-state index in [2.05, 4.69) is 0 Å². The van der Waals surface area contributed by atoms with Crippen molar-refractivity contribution in [3.8, 4) is 0 Å². The quantitative estimate of drug-likeness (QED) is 0.281. The molecule has 1 aromatic rings. The highest BCUT2D eigenvalue weighted by molar-refractivity contribution is 7.85. The summed E-state index contributed by atoms with van der Waals surface area (Å²) in [6.07, 6.45) is -4.49. The van der Waals surface area contributed by atoms with Crippen molar-refractivity contribution in [3.63, 3.8) is 0 Å². The zero-order chi connectivity index (χ0) is 23.6. The van der Waals surface area contributed by atoms with Crippen LogP contribution in [0.1, 0.15) is 59.2 Å². The van der Waals surface area contributed by atoms with E-state index in [1.54, 1.807) is 0 Å². The molecule has 2 saturated carbocycles. The lowest BCUT2D eigenvalue weighted by atomic mass is 9.92. The highest BCUT2D eigenvalue weighted by Gasteiger charge is 2.32. The number of rotatable bonds is 5. The molecule has 0 saturated heterocycles. The van der Waals surface area contributed by atoms with E-state index in [0.717, 1.165) is 18.2 Å². The van der Waals surface area contributed by atoms with Crippen LogP contribution in [0.5, 0.6) is 0 Å². The van der Waals surface area contributed by atoms with Crippen LogP contribution in [0.15, 0.2) is 23.1 Å². The molecular formula is C20H26O11S. The van der Waals surface area contributed by atoms with E-state index in [1.807, 2.05) is 0 Å². The van der Waals surface area contributed by atoms with Crippen LogP contribution >= 0.6 is 0 Å². The Morgan fingerprint density at radius 3 is 1.34 bits per heavy atom. The highest BCUT2D eigenvalue weighted by atomic mass is 32.2. The molecule has 0 bridgehead atoms. The average Bonchev–Trinajstić information content (AvgIpc) is 2.65. The van der Waals surface area contributed by atoms with Gasteiger partial charge in [0.05, 0.1) is 40.4 Å². The summed E-state index contributed by atoms with van der Waals surface area (Å²) in [6.45, 7) is 0. The molecule has 0 aliphatic heterocycles. The molecule has 0 amide bonds. The largest absolute Gasteiger partial charge is 0.459 e. The van der Waals surface area contributed by atoms with Crippen LogP contribution in [0.25, 0.3) is 0 Å². The lowest BCUT2D eigenvalue weighted by Gasteiger charge is -2.29. The highest BCUT2D eigenvalue weighted by Crippen LogP contribution is 2.26. The number of aliphatic hydroxyl groups is 4. The first-order valence-corrected chi connectivity index (χ1v) is 11.6. The summed E-state index contributed by atoms with van der Waals surface area (Å²) < 4.78 is 43.2. The molecule has 4 unspecified atom stereocenters. The Hall–Kier alpha value is -2.09. The van der Waals surface area contributed by atoms with Crippen LogP contribution in [0.3, 0.4) is 0 Å². The van der Waals surface area contributed by atoms with Gasteiger partial charge in [0.1, 0.15) is 12.2 Å². The smallest absolute Gasteiger partial charge is 0.338 e. The third-order valence-electron chi connectivity index (χ3n) is 5.45. The molecule has 4 atom stereocenters. The van der Waals surface area contributed by atoms with Gasteiger partial charge in [0.25, 0.3) is 10.1 Å². The lowest BCUT2D eigenvalue weighted by molar-refractivity contribution is -0.0416. The predicted octanol–water partition coefficient (Wildman–Crippen LogP) is -0.205. The van der Waals surface area contributed by atoms with Crippen LogP contribution in [0.2, 0.25) is 0 Å². The van der Waals surface area contributed by atoms with E-state index in [1.165, 1.54) is 0 Å². The Balaban J connectivity index is 1.81. The molecule has 0 radical (unpaired) electrons. The van der Waals surface area contributed by atoms with Gasteiger partial charge in [-0.3, -0.25) is 4.55 Å². The molecule has 2 aliphatic carbocycles. The number of ether oxygens (including phenoxy) is 2. The van der Waals surface area contributed by atoms with Gasteiger partial charge in [-0.15, -0.1) is 0 Å². The summed E-state index contributed by atoms with van der Waals surface area (Å²) in [5.41, 5.74) is -0.712. The SMILES string of the molecule is O=C(OC1CC(O)CC(O)C1)c1cc(C(=O)OC2CC(O)CC(O)C2)cc(S(=O)(=O)O)c1. The van der Waals surface area contributed by atoms with Gasteiger partial charge in [0.15, 0.2) is 0 Å². The van der Waals surface area contributed by atoms with Crippen molar-refractivity contribution in [2.45, 2.75) is 80.0 Å². The monoisotopic (exact) mass is 474 g/mol. The third-order valence-corrected chi connectivity index (χ3v) is 6.28. The summed E-state index contributed by atoms with van der Waals surface area (Å²) >= 11 is 0. The van der Waals surface area contributed by atoms with Gasteiger partial charge in [-0.25, -0.2) is 9.59 Å². The van der Waals surface area contributed by atoms with Gasteiger partial charge >= 0.3 is 11.9 Å². The first-order chi connectivity index (χ1) is 14.9. The zero-order valence-electron chi connectivity index (χ0n) is 17.0.